The predicted molar refractivity (Wildman–Crippen MR) is 114 cm³/mol. The van der Waals surface area contributed by atoms with E-state index < -0.39 is 0 Å². The number of hydrogen-bond donors (Lipinski definition) is 0. The van der Waals surface area contributed by atoms with Gasteiger partial charge in [0.05, 0.1) is 22.6 Å². The van der Waals surface area contributed by atoms with Gasteiger partial charge < -0.3 is 8.83 Å². The van der Waals surface area contributed by atoms with Crippen LogP contribution in [0, 0.1) is 0 Å². The number of thiophene rings is 1. The molecule has 1 amide bonds. The van der Waals surface area contributed by atoms with E-state index in [0.717, 1.165) is 16.2 Å². The molecule has 150 valence electrons. The highest BCUT2D eigenvalue weighted by Gasteiger charge is 2.35. The Kier molecular flexibility index (Phi) is 5.20. The molecule has 3 aromatic heterocycles. The van der Waals surface area contributed by atoms with E-state index in [1.165, 1.54) is 16.8 Å². The lowest BCUT2D eigenvalue weighted by Gasteiger charge is -2.19. The number of rotatable bonds is 6. The maximum atomic E-state index is 13.0. The molecule has 0 aliphatic carbocycles. The predicted octanol–water partition coefficient (Wildman–Crippen LogP) is 4.86. The van der Waals surface area contributed by atoms with Gasteiger partial charge in [-0.3, -0.25) is 4.79 Å². The third-order valence-electron chi connectivity index (χ3n) is 4.59. The zero-order valence-electron chi connectivity index (χ0n) is 15.7. The third-order valence-corrected chi connectivity index (χ3v) is 6.31. The number of hydrazone groups is 1. The van der Waals surface area contributed by atoms with E-state index >= 15 is 0 Å². The van der Waals surface area contributed by atoms with Gasteiger partial charge in [-0.25, -0.2) is 5.01 Å². The molecule has 1 aliphatic heterocycles. The second kappa shape index (κ2) is 8.29. The molecule has 1 aliphatic rings. The number of aromatic nitrogens is 2. The van der Waals surface area contributed by atoms with Crippen LogP contribution in [0.15, 0.2) is 85.4 Å². The third kappa shape index (κ3) is 3.81. The first-order valence-electron chi connectivity index (χ1n) is 9.26. The summed E-state index contributed by atoms with van der Waals surface area (Å²) >= 11 is 2.81. The Hall–Kier alpha value is -3.17. The summed E-state index contributed by atoms with van der Waals surface area (Å²) in [4.78, 5) is 14.0. The molecule has 0 saturated heterocycles. The lowest BCUT2D eigenvalue weighted by molar-refractivity contribution is -0.130. The number of nitrogens with zero attached hydrogens (tertiary/aromatic N) is 4. The smallest absolute Gasteiger partial charge is 0.277 e. The molecular formula is C21H16N4O3S2. The molecule has 1 atom stereocenters. The molecule has 0 spiro atoms. The van der Waals surface area contributed by atoms with E-state index in [4.69, 9.17) is 8.83 Å². The van der Waals surface area contributed by atoms with Crippen molar-refractivity contribution < 1.29 is 13.6 Å². The van der Waals surface area contributed by atoms with Gasteiger partial charge in [-0.05, 0) is 35.7 Å². The number of amides is 1. The largest absolute Gasteiger partial charge is 0.467 e. The molecule has 0 bridgehead atoms. The summed E-state index contributed by atoms with van der Waals surface area (Å²) in [7, 11) is 0. The van der Waals surface area contributed by atoms with Crippen molar-refractivity contribution in [1.82, 2.24) is 15.2 Å². The molecule has 30 heavy (non-hydrogen) atoms. The van der Waals surface area contributed by atoms with Crippen LogP contribution in [-0.2, 0) is 4.79 Å². The fraction of sp³-hybridized carbons (Fsp3) is 0.143. The van der Waals surface area contributed by atoms with Crippen LogP contribution in [0.25, 0.3) is 11.5 Å². The molecule has 0 N–H and O–H groups in total. The molecule has 0 saturated carbocycles. The van der Waals surface area contributed by atoms with Crippen molar-refractivity contribution in [2.75, 3.05) is 5.75 Å². The molecular weight excluding hydrogens is 420 g/mol. The van der Waals surface area contributed by atoms with Gasteiger partial charge in [0.2, 0.25) is 5.89 Å². The van der Waals surface area contributed by atoms with Gasteiger partial charge in [-0.15, -0.1) is 21.5 Å². The summed E-state index contributed by atoms with van der Waals surface area (Å²) in [5.41, 5.74) is 1.72. The number of thioether (sulfide) groups is 1. The maximum absolute atomic E-state index is 13.0. The second-order valence-electron chi connectivity index (χ2n) is 6.53. The molecule has 9 heteroatoms. The number of carbonyl (C=O) groups excluding carboxylic acids is 1. The lowest BCUT2D eigenvalue weighted by atomic mass is 10.1. The van der Waals surface area contributed by atoms with Crippen molar-refractivity contribution >= 4 is 34.7 Å². The monoisotopic (exact) mass is 436 g/mol. The van der Waals surface area contributed by atoms with Gasteiger partial charge in [-0.2, -0.15) is 5.10 Å². The summed E-state index contributed by atoms with van der Waals surface area (Å²) in [6.07, 6.45) is 2.22. The Labute approximate surface area is 180 Å². The zero-order chi connectivity index (χ0) is 20.3. The first kappa shape index (κ1) is 18.8. The molecule has 1 aromatic carbocycles. The first-order valence-corrected chi connectivity index (χ1v) is 11.1. The average molecular weight is 437 g/mol. The van der Waals surface area contributed by atoms with Crippen molar-refractivity contribution in [2.45, 2.75) is 17.7 Å². The van der Waals surface area contributed by atoms with Gasteiger partial charge in [0.15, 0.2) is 0 Å². The molecule has 4 heterocycles. The molecule has 0 radical (unpaired) electrons. The highest BCUT2D eigenvalue weighted by Crippen LogP contribution is 2.35. The van der Waals surface area contributed by atoms with E-state index in [-0.39, 0.29) is 17.7 Å². The van der Waals surface area contributed by atoms with E-state index in [1.807, 2.05) is 60.0 Å². The van der Waals surface area contributed by atoms with E-state index in [9.17, 15) is 4.79 Å². The van der Waals surface area contributed by atoms with Crippen LogP contribution < -0.4 is 0 Å². The summed E-state index contributed by atoms with van der Waals surface area (Å²) in [5.74, 6) is 1.13. The quantitative estimate of drug-likeness (QED) is 0.401. The van der Waals surface area contributed by atoms with E-state index in [2.05, 4.69) is 15.3 Å². The summed E-state index contributed by atoms with van der Waals surface area (Å²) in [5, 5.41) is 16.6. The van der Waals surface area contributed by atoms with Gasteiger partial charge in [0.25, 0.3) is 11.1 Å². The number of benzene rings is 1. The minimum absolute atomic E-state index is 0.134. The maximum Gasteiger partial charge on any atom is 0.277 e. The minimum Gasteiger partial charge on any atom is -0.467 e. The molecule has 1 unspecified atom stereocenters. The zero-order valence-corrected chi connectivity index (χ0v) is 17.3. The lowest BCUT2D eigenvalue weighted by Crippen LogP contribution is -2.28. The van der Waals surface area contributed by atoms with Crippen LogP contribution in [0.5, 0.6) is 0 Å². The van der Waals surface area contributed by atoms with Crippen molar-refractivity contribution in [3.63, 3.8) is 0 Å². The average Bonchev–Trinajstić information content (AvgIpc) is 3.57. The summed E-state index contributed by atoms with van der Waals surface area (Å²) < 4.78 is 11.2. The van der Waals surface area contributed by atoms with Crippen molar-refractivity contribution in [3.8, 4) is 11.5 Å². The van der Waals surface area contributed by atoms with Crippen LogP contribution in [0.4, 0.5) is 0 Å². The Morgan fingerprint density at radius 1 is 1.13 bits per heavy atom. The highest BCUT2D eigenvalue weighted by atomic mass is 32.2. The van der Waals surface area contributed by atoms with Crippen LogP contribution in [0.1, 0.15) is 23.1 Å². The van der Waals surface area contributed by atoms with E-state index in [1.54, 1.807) is 17.6 Å². The van der Waals surface area contributed by atoms with Crippen LogP contribution in [0.2, 0.25) is 0 Å². The number of carbonyl (C=O) groups is 1. The highest BCUT2D eigenvalue weighted by molar-refractivity contribution is 7.99. The molecule has 0 fully saturated rings. The Morgan fingerprint density at radius 2 is 2.03 bits per heavy atom. The fourth-order valence-corrected chi connectivity index (χ4v) is 4.53. The Balaban J connectivity index is 1.31. The normalized spacial score (nSPS) is 16.1. The van der Waals surface area contributed by atoms with Crippen molar-refractivity contribution in [3.05, 3.63) is 76.9 Å². The standard InChI is InChI=1S/C21H16N4O3S2/c26-19(13-30-21-23-22-20(28-21)14-6-2-1-3-7-14)25-16(17-8-4-10-27-17)12-15(24-25)18-9-5-11-29-18/h1-11,16H,12-13H2. The Morgan fingerprint density at radius 3 is 2.80 bits per heavy atom. The topological polar surface area (TPSA) is 84.7 Å². The van der Waals surface area contributed by atoms with Gasteiger partial charge in [0.1, 0.15) is 11.8 Å². The minimum atomic E-state index is -0.257. The Bertz CT molecular complexity index is 1150. The summed E-state index contributed by atoms with van der Waals surface area (Å²) in [6, 6.07) is 16.9. The van der Waals surface area contributed by atoms with Crippen LogP contribution >= 0.6 is 23.1 Å². The van der Waals surface area contributed by atoms with Crippen molar-refractivity contribution in [2.24, 2.45) is 5.10 Å². The summed E-state index contributed by atoms with van der Waals surface area (Å²) in [6.45, 7) is 0. The van der Waals surface area contributed by atoms with E-state index in [0.29, 0.717) is 23.3 Å². The number of hydrogen-bond acceptors (Lipinski definition) is 8. The second-order valence-corrected chi connectivity index (χ2v) is 8.40. The molecule has 5 rings (SSSR count). The molecule has 4 aromatic rings. The number of furan rings is 1. The van der Waals surface area contributed by atoms with Crippen LogP contribution in [0.3, 0.4) is 0 Å². The molecule has 7 nitrogen and oxygen atoms in total. The van der Waals surface area contributed by atoms with Crippen molar-refractivity contribution in [1.29, 1.82) is 0 Å². The first-order chi connectivity index (χ1) is 14.8. The fourth-order valence-electron chi connectivity index (χ4n) is 3.19. The van der Waals surface area contributed by atoms with Gasteiger partial charge in [0, 0.05) is 12.0 Å². The SMILES string of the molecule is O=C(CSc1nnc(-c2ccccc2)o1)N1N=C(c2cccs2)CC1c1ccco1. The van der Waals surface area contributed by atoms with Gasteiger partial charge >= 0.3 is 0 Å². The van der Waals surface area contributed by atoms with Gasteiger partial charge in [-0.1, -0.05) is 36.0 Å². The van der Waals surface area contributed by atoms with Crippen LogP contribution in [-0.4, -0.2) is 32.6 Å².